The van der Waals surface area contributed by atoms with Crippen LogP contribution in [0.5, 0.6) is 0 Å². The Hall–Kier alpha value is -2.62. The predicted octanol–water partition coefficient (Wildman–Crippen LogP) is 4.00. The highest BCUT2D eigenvalue weighted by Gasteiger charge is 2.33. The van der Waals surface area contributed by atoms with E-state index < -0.39 is 17.3 Å². The molecule has 2 aromatic rings. The standard InChI is InChI=1S/C21H28F3N5O2/c1-14(12-28-8-10-29(11-9-28)19(30)31-20(2,3)4)27-18-15-6-5-7-16(21(22,23)24)17(15)25-13-26-18/h5-7,13-14H,8-12H2,1-4H3,(H,25,26,27)/t14-/m0/s1. The summed E-state index contributed by atoms with van der Waals surface area (Å²) in [6, 6.07) is 3.90. The maximum Gasteiger partial charge on any atom is 0.418 e. The van der Waals surface area contributed by atoms with Gasteiger partial charge in [-0.05, 0) is 39.8 Å². The van der Waals surface area contributed by atoms with E-state index in [1.165, 1.54) is 6.07 Å². The fraction of sp³-hybridized carbons (Fsp3) is 0.571. The molecule has 3 rings (SSSR count). The van der Waals surface area contributed by atoms with E-state index in [9.17, 15) is 18.0 Å². The van der Waals surface area contributed by atoms with Crippen LogP contribution in [0.25, 0.3) is 10.9 Å². The summed E-state index contributed by atoms with van der Waals surface area (Å²) in [6.45, 7) is 10.6. The number of carbonyl (C=O) groups excluding carboxylic acids is 1. The zero-order chi connectivity index (χ0) is 22.8. The molecule has 0 unspecified atom stereocenters. The SMILES string of the molecule is C[C@@H](CN1CCN(C(=O)OC(C)(C)C)CC1)Nc1ncnc2c(C(F)(F)F)cccc12. The lowest BCUT2D eigenvalue weighted by atomic mass is 10.1. The molecule has 1 N–H and O–H groups in total. The van der Waals surface area contributed by atoms with E-state index in [1.807, 2.05) is 27.7 Å². The van der Waals surface area contributed by atoms with Crippen LogP contribution in [0.2, 0.25) is 0 Å². The van der Waals surface area contributed by atoms with Crippen LogP contribution < -0.4 is 5.32 Å². The lowest BCUT2D eigenvalue weighted by Crippen LogP contribution is -2.51. The molecule has 0 aliphatic carbocycles. The van der Waals surface area contributed by atoms with E-state index in [0.29, 0.717) is 43.9 Å². The average Bonchev–Trinajstić information content (AvgIpc) is 2.66. The van der Waals surface area contributed by atoms with E-state index in [2.05, 4.69) is 20.2 Å². The minimum Gasteiger partial charge on any atom is -0.444 e. The highest BCUT2D eigenvalue weighted by Crippen LogP contribution is 2.35. The van der Waals surface area contributed by atoms with Gasteiger partial charge in [0.2, 0.25) is 0 Å². The number of para-hydroxylation sites is 1. The quantitative estimate of drug-likeness (QED) is 0.777. The van der Waals surface area contributed by atoms with Gasteiger partial charge in [-0.2, -0.15) is 13.2 Å². The molecule has 1 amide bonds. The summed E-state index contributed by atoms with van der Waals surface area (Å²) in [4.78, 5) is 24.1. The molecule has 10 heteroatoms. The maximum atomic E-state index is 13.3. The van der Waals surface area contributed by atoms with Gasteiger partial charge < -0.3 is 15.0 Å². The average molecular weight is 439 g/mol. The number of hydrogen-bond acceptors (Lipinski definition) is 6. The minimum atomic E-state index is -4.48. The van der Waals surface area contributed by atoms with Gasteiger partial charge in [-0.1, -0.05) is 6.07 Å². The van der Waals surface area contributed by atoms with Crippen LogP contribution in [-0.4, -0.2) is 70.2 Å². The van der Waals surface area contributed by atoms with Gasteiger partial charge in [-0.25, -0.2) is 14.8 Å². The van der Waals surface area contributed by atoms with Crippen molar-refractivity contribution in [1.29, 1.82) is 0 Å². The number of ether oxygens (including phenoxy) is 1. The van der Waals surface area contributed by atoms with E-state index in [1.54, 1.807) is 11.0 Å². The van der Waals surface area contributed by atoms with Crippen LogP contribution in [0, 0.1) is 0 Å². The van der Waals surface area contributed by atoms with Gasteiger partial charge >= 0.3 is 12.3 Å². The number of anilines is 1. The van der Waals surface area contributed by atoms with Crippen molar-refractivity contribution in [1.82, 2.24) is 19.8 Å². The number of nitrogens with zero attached hydrogens (tertiary/aromatic N) is 4. The summed E-state index contributed by atoms with van der Waals surface area (Å²) in [6.07, 6.45) is -3.65. The van der Waals surface area contributed by atoms with Gasteiger partial charge in [0.1, 0.15) is 17.7 Å². The van der Waals surface area contributed by atoms with Crippen LogP contribution in [-0.2, 0) is 10.9 Å². The Morgan fingerprint density at radius 2 is 1.84 bits per heavy atom. The second-order valence-corrected chi connectivity index (χ2v) is 8.74. The molecule has 170 valence electrons. The number of rotatable bonds is 4. The second kappa shape index (κ2) is 8.86. The molecule has 1 saturated heterocycles. The summed E-state index contributed by atoms with van der Waals surface area (Å²) in [5, 5.41) is 3.54. The number of aromatic nitrogens is 2. The highest BCUT2D eigenvalue weighted by molar-refractivity contribution is 5.91. The molecule has 2 heterocycles. The third-order valence-corrected chi connectivity index (χ3v) is 4.91. The van der Waals surface area contributed by atoms with Crippen molar-refractivity contribution < 1.29 is 22.7 Å². The molecule has 0 bridgehead atoms. The number of halogens is 3. The molecule has 31 heavy (non-hydrogen) atoms. The Labute approximate surface area is 179 Å². The van der Waals surface area contributed by atoms with Gasteiger partial charge in [0.25, 0.3) is 0 Å². The van der Waals surface area contributed by atoms with E-state index >= 15 is 0 Å². The van der Waals surface area contributed by atoms with Crippen LogP contribution >= 0.6 is 0 Å². The van der Waals surface area contributed by atoms with Crippen LogP contribution in [0.15, 0.2) is 24.5 Å². The topological polar surface area (TPSA) is 70.6 Å². The van der Waals surface area contributed by atoms with E-state index in [4.69, 9.17) is 4.74 Å². The van der Waals surface area contributed by atoms with Gasteiger partial charge in [-0.15, -0.1) is 0 Å². The molecular weight excluding hydrogens is 411 g/mol. The molecule has 7 nitrogen and oxygen atoms in total. The number of carbonyl (C=O) groups is 1. The number of piperazine rings is 1. The molecule has 1 atom stereocenters. The van der Waals surface area contributed by atoms with Crippen LogP contribution in [0.4, 0.5) is 23.8 Å². The fourth-order valence-electron chi connectivity index (χ4n) is 3.54. The monoisotopic (exact) mass is 439 g/mol. The fourth-order valence-corrected chi connectivity index (χ4v) is 3.54. The Bertz CT molecular complexity index is 921. The molecule has 1 aromatic carbocycles. The first-order valence-corrected chi connectivity index (χ1v) is 10.2. The van der Waals surface area contributed by atoms with Crippen molar-refractivity contribution in [2.24, 2.45) is 0 Å². The Morgan fingerprint density at radius 1 is 1.16 bits per heavy atom. The lowest BCUT2D eigenvalue weighted by molar-refractivity contribution is -0.136. The number of nitrogens with one attached hydrogen (secondary N) is 1. The molecule has 1 fully saturated rings. The molecule has 0 radical (unpaired) electrons. The van der Waals surface area contributed by atoms with Gasteiger partial charge in [0.15, 0.2) is 0 Å². The minimum absolute atomic E-state index is 0.0688. The summed E-state index contributed by atoms with van der Waals surface area (Å²) < 4.78 is 45.2. The van der Waals surface area contributed by atoms with Gasteiger partial charge in [0.05, 0.1) is 11.1 Å². The lowest BCUT2D eigenvalue weighted by Gasteiger charge is -2.36. The van der Waals surface area contributed by atoms with Crippen molar-refractivity contribution in [3.63, 3.8) is 0 Å². The number of fused-ring (bicyclic) bond motifs is 1. The molecule has 0 spiro atoms. The van der Waals surface area contributed by atoms with E-state index in [-0.39, 0.29) is 17.7 Å². The molecule has 1 aromatic heterocycles. The summed E-state index contributed by atoms with van der Waals surface area (Å²) in [7, 11) is 0. The summed E-state index contributed by atoms with van der Waals surface area (Å²) in [5.41, 5.74) is -1.43. The summed E-state index contributed by atoms with van der Waals surface area (Å²) in [5.74, 6) is 0.371. The third-order valence-electron chi connectivity index (χ3n) is 4.91. The summed E-state index contributed by atoms with van der Waals surface area (Å²) >= 11 is 0. The van der Waals surface area contributed by atoms with Gasteiger partial charge in [0, 0.05) is 44.2 Å². The van der Waals surface area contributed by atoms with Crippen molar-refractivity contribution in [3.05, 3.63) is 30.1 Å². The first kappa shape index (κ1) is 23.1. The zero-order valence-electron chi connectivity index (χ0n) is 18.2. The van der Waals surface area contributed by atoms with Crippen LogP contribution in [0.1, 0.15) is 33.3 Å². The van der Waals surface area contributed by atoms with Gasteiger partial charge in [-0.3, -0.25) is 4.90 Å². The molecule has 0 saturated carbocycles. The number of benzene rings is 1. The smallest absolute Gasteiger partial charge is 0.418 e. The number of hydrogen-bond donors (Lipinski definition) is 1. The number of amides is 1. The van der Waals surface area contributed by atoms with Crippen molar-refractivity contribution in [3.8, 4) is 0 Å². The Balaban J connectivity index is 1.60. The van der Waals surface area contributed by atoms with Crippen molar-refractivity contribution in [2.75, 3.05) is 38.0 Å². The van der Waals surface area contributed by atoms with Crippen molar-refractivity contribution >= 4 is 22.8 Å². The predicted molar refractivity (Wildman–Crippen MR) is 112 cm³/mol. The maximum absolute atomic E-state index is 13.3. The van der Waals surface area contributed by atoms with E-state index in [0.717, 1.165) is 12.4 Å². The highest BCUT2D eigenvalue weighted by atomic mass is 19.4. The molecule has 1 aliphatic rings. The first-order valence-electron chi connectivity index (χ1n) is 10.2. The Kier molecular flexibility index (Phi) is 6.59. The normalized spacial score (nSPS) is 16.9. The second-order valence-electron chi connectivity index (χ2n) is 8.74. The van der Waals surface area contributed by atoms with Crippen molar-refractivity contribution in [2.45, 2.75) is 45.5 Å². The first-order chi connectivity index (χ1) is 14.4. The number of alkyl halides is 3. The molecular formula is C21H28F3N5O2. The zero-order valence-corrected chi connectivity index (χ0v) is 18.2. The third kappa shape index (κ3) is 5.96. The molecule has 1 aliphatic heterocycles. The largest absolute Gasteiger partial charge is 0.444 e. The Morgan fingerprint density at radius 3 is 2.45 bits per heavy atom. The van der Waals surface area contributed by atoms with Crippen LogP contribution in [0.3, 0.4) is 0 Å².